The quantitative estimate of drug-likeness (QED) is 0.206. The highest BCUT2D eigenvalue weighted by molar-refractivity contribution is 9.10. The molecule has 0 atom stereocenters. The average molecular weight is 609 g/mol. The molecule has 0 saturated heterocycles. The molecule has 0 aliphatic rings. The molecular weight excluding hydrogens is 574 g/mol. The lowest BCUT2D eigenvalue weighted by atomic mass is 9.93. The van der Waals surface area contributed by atoms with Crippen LogP contribution in [0.2, 0.25) is 0 Å². The molecule has 0 saturated carbocycles. The number of hydrogen-bond donors (Lipinski definition) is 1. The van der Waals surface area contributed by atoms with Gasteiger partial charge in [-0.3, -0.25) is 9.48 Å². The highest BCUT2D eigenvalue weighted by Gasteiger charge is 2.20. The Hall–Kier alpha value is -3.07. The van der Waals surface area contributed by atoms with Crippen LogP contribution >= 0.6 is 27.3 Å². The number of aryl methyl sites for hydroxylation is 3. The zero-order valence-corrected chi connectivity index (χ0v) is 25.8. The van der Waals surface area contributed by atoms with E-state index < -0.39 is 5.60 Å². The van der Waals surface area contributed by atoms with Crippen molar-refractivity contribution in [3.05, 3.63) is 69.8 Å². The van der Waals surface area contributed by atoms with Gasteiger partial charge in [0, 0.05) is 23.6 Å². The number of fused-ring (bicyclic) bond motifs is 2. The first-order valence-electron chi connectivity index (χ1n) is 12.9. The maximum absolute atomic E-state index is 12.5. The van der Waals surface area contributed by atoms with Crippen LogP contribution in [0.5, 0.6) is 0 Å². The van der Waals surface area contributed by atoms with Crippen molar-refractivity contribution in [2.75, 3.05) is 6.61 Å². The first-order chi connectivity index (χ1) is 18.4. The van der Waals surface area contributed by atoms with E-state index in [4.69, 9.17) is 14.8 Å². The number of rotatable bonds is 5. The van der Waals surface area contributed by atoms with Crippen molar-refractivity contribution in [3.8, 4) is 21.7 Å². The number of ether oxygens (including phenoxy) is 1. The summed E-state index contributed by atoms with van der Waals surface area (Å²) in [6, 6.07) is 16.8. The topological polar surface area (TPSA) is 77.2 Å². The largest absolute Gasteiger partial charge is 0.466 e. The zero-order valence-electron chi connectivity index (χ0n) is 23.4. The van der Waals surface area contributed by atoms with Gasteiger partial charge in [-0.05, 0) is 98.4 Å². The summed E-state index contributed by atoms with van der Waals surface area (Å²) in [5.41, 5.74) is 7.92. The summed E-state index contributed by atoms with van der Waals surface area (Å²) in [4.78, 5) is 17.5. The highest BCUT2D eigenvalue weighted by atomic mass is 79.9. The van der Waals surface area contributed by atoms with E-state index in [1.54, 1.807) is 32.1 Å². The van der Waals surface area contributed by atoms with Gasteiger partial charge in [-0.2, -0.15) is 5.10 Å². The molecule has 0 bridgehead atoms. The van der Waals surface area contributed by atoms with Gasteiger partial charge in [-0.15, -0.1) is 11.3 Å². The first-order valence-corrected chi connectivity index (χ1v) is 14.5. The van der Waals surface area contributed by atoms with Gasteiger partial charge in [0.05, 0.1) is 34.4 Å². The Labute approximate surface area is 241 Å². The lowest BCUT2D eigenvalue weighted by molar-refractivity contribution is -0.142. The van der Waals surface area contributed by atoms with E-state index in [2.05, 4.69) is 76.5 Å². The van der Waals surface area contributed by atoms with Crippen molar-refractivity contribution < 1.29 is 14.6 Å². The van der Waals surface area contributed by atoms with Crippen molar-refractivity contribution in [1.29, 1.82) is 0 Å². The summed E-state index contributed by atoms with van der Waals surface area (Å²) in [6.07, 6.45) is 0.237. The zero-order chi connectivity index (χ0) is 28.5. The summed E-state index contributed by atoms with van der Waals surface area (Å²) in [6.45, 7) is 11.6. The van der Waals surface area contributed by atoms with Crippen molar-refractivity contribution in [3.63, 3.8) is 0 Å². The number of nitrogens with zero attached hydrogens (tertiary/aromatic N) is 3. The normalized spacial score (nSPS) is 11.5. The maximum atomic E-state index is 12.5. The smallest absolute Gasteiger partial charge is 0.310 e. The number of benzene rings is 3. The lowest BCUT2D eigenvalue weighted by Gasteiger charge is -2.14. The number of halogens is 1. The molecule has 0 amide bonds. The van der Waals surface area contributed by atoms with Gasteiger partial charge in [0.15, 0.2) is 0 Å². The van der Waals surface area contributed by atoms with Crippen LogP contribution in [0.1, 0.15) is 44.4 Å². The summed E-state index contributed by atoms with van der Waals surface area (Å²) >= 11 is 5.22. The fourth-order valence-electron chi connectivity index (χ4n) is 4.32. The summed E-state index contributed by atoms with van der Waals surface area (Å²) in [7, 11) is 1.94. The molecule has 1 N–H and O–H groups in total. The molecule has 8 heteroatoms. The van der Waals surface area contributed by atoms with Gasteiger partial charge in [-0.1, -0.05) is 29.8 Å². The third-order valence-electron chi connectivity index (χ3n) is 6.03. The van der Waals surface area contributed by atoms with Crippen molar-refractivity contribution in [2.24, 2.45) is 7.05 Å². The van der Waals surface area contributed by atoms with Crippen LogP contribution in [0.4, 0.5) is 0 Å². The minimum atomic E-state index is -0.500. The van der Waals surface area contributed by atoms with Crippen LogP contribution in [0.15, 0.2) is 53.1 Å². The highest BCUT2D eigenvalue weighted by Crippen LogP contribution is 2.41. The van der Waals surface area contributed by atoms with Crippen LogP contribution in [-0.4, -0.2) is 38.0 Å². The Morgan fingerprint density at radius 3 is 2.36 bits per heavy atom. The second kappa shape index (κ2) is 11.6. The van der Waals surface area contributed by atoms with E-state index in [1.165, 1.54) is 5.56 Å². The number of aromatic nitrogens is 3. The van der Waals surface area contributed by atoms with E-state index in [9.17, 15) is 4.79 Å². The van der Waals surface area contributed by atoms with Gasteiger partial charge in [-0.25, -0.2) is 4.98 Å². The average Bonchev–Trinajstić information content (AvgIpc) is 3.39. The van der Waals surface area contributed by atoms with Crippen molar-refractivity contribution in [1.82, 2.24) is 14.8 Å². The molecule has 204 valence electrons. The monoisotopic (exact) mass is 607 g/mol. The Balaban J connectivity index is 0.000000648. The van der Waals surface area contributed by atoms with E-state index in [-0.39, 0.29) is 12.4 Å². The fourth-order valence-corrected chi connectivity index (χ4v) is 6.01. The molecule has 39 heavy (non-hydrogen) atoms. The molecule has 2 heterocycles. The minimum absolute atomic E-state index is 0.213. The molecule has 0 radical (unpaired) electrons. The number of esters is 1. The summed E-state index contributed by atoms with van der Waals surface area (Å²) in [5, 5.41) is 15.0. The molecule has 5 aromatic rings. The number of hydrogen-bond acceptors (Lipinski definition) is 6. The fraction of sp³-hybridized carbons (Fsp3) is 0.323. The van der Waals surface area contributed by atoms with Gasteiger partial charge in [0.25, 0.3) is 0 Å². The Kier molecular flexibility index (Phi) is 8.59. The first kappa shape index (κ1) is 28.9. The van der Waals surface area contributed by atoms with Crippen molar-refractivity contribution >= 4 is 54.4 Å². The third-order valence-corrected chi connectivity index (χ3v) is 7.75. The second-order valence-electron chi connectivity index (χ2n) is 10.6. The number of aliphatic hydroxyl groups is 1. The van der Waals surface area contributed by atoms with E-state index in [1.807, 2.05) is 25.6 Å². The van der Waals surface area contributed by atoms with Crippen LogP contribution < -0.4 is 0 Å². The molecule has 0 spiro atoms. The minimum Gasteiger partial charge on any atom is -0.466 e. The van der Waals surface area contributed by atoms with Gasteiger partial charge >= 0.3 is 5.97 Å². The molecular formula is C31H34BrN3O3S. The van der Waals surface area contributed by atoms with Gasteiger partial charge in [0.2, 0.25) is 0 Å². The van der Waals surface area contributed by atoms with Crippen LogP contribution in [0.25, 0.3) is 42.8 Å². The number of carbonyl (C=O) groups excluding carboxylic acids is 1. The predicted molar refractivity (Wildman–Crippen MR) is 164 cm³/mol. The van der Waals surface area contributed by atoms with E-state index in [0.29, 0.717) is 6.61 Å². The maximum Gasteiger partial charge on any atom is 0.310 e. The summed E-state index contributed by atoms with van der Waals surface area (Å²) < 4.78 is 9.05. The van der Waals surface area contributed by atoms with Gasteiger partial charge < -0.3 is 9.84 Å². The Morgan fingerprint density at radius 1 is 1.08 bits per heavy atom. The van der Waals surface area contributed by atoms with Crippen LogP contribution in [-0.2, 0) is 23.0 Å². The Bertz CT molecular complexity index is 1640. The Morgan fingerprint density at radius 2 is 1.72 bits per heavy atom. The molecule has 2 aromatic heterocycles. The van der Waals surface area contributed by atoms with Crippen LogP contribution in [0, 0.1) is 13.8 Å². The predicted octanol–water partition coefficient (Wildman–Crippen LogP) is 7.78. The molecule has 5 rings (SSSR count). The molecule has 0 fully saturated rings. The summed E-state index contributed by atoms with van der Waals surface area (Å²) in [5.74, 6) is -0.213. The number of thiazole rings is 1. The van der Waals surface area contributed by atoms with E-state index in [0.717, 1.165) is 58.5 Å². The van der Waals surface area contributed by atoms with E-state index >= 15 is 0 Å². The molecule has 0 unspecified atom stereocenters. The van der Waals surface area contributed by atoms with Gasteiger partial charge in [0.1, 0.15) is 9.61 Å². The second-order valence-corrected chi connectivity index (χ2v) is 12.3. The standard InChI is InChI=1S/C27H24BrN3O2S.C4H10O/c1-5-33-23(32)14-19-16(3)12-21-25(24(19)17-8-6-15(2)7-9-17)34-27(29-21)18-10-11-22-20(13-18)26(28)30-31(22)4;1-4(2,3)5/h6-13H,5,14H2,1-4H3;5H,1-3H3. The third kappa shape index (κ3) is 6.75. The SMILES string of the molecule is CC(C)(C)O.CCOC(=O)Cc1c(C)cc2nc(-c3ccc4c(c3)c(Br)nn4C)sc2c1-c1ccc(C)cc1. The molecule has 6 nitrogen and oxygen atoms in total. The molecule has 0 aliphatic heterocycles. The lowest BCUT2D eigenvalue weighted by Crippen LogP contribution is -2.10. The number of carbonyl (C=O) groups is 1. The molecule has 0 aliphatic carbocycles. The molecule has 3 aromatic carbocycles. The van der Waals surface area contributed by atoms with Crippen molar-refractivity contribution in [2.45, 2.75) is 53.6 Å². The van der Waals surface area contributed by atoms with Crippen LogP contribution in [0.3, 0.4) is 0 Å².